The van der Waals surface area contributed by atoms with Gasteiger partial charge in [0.15, 0.2) is 11.5 Å². The van der Waals surface area contributed by atoms with Crippen LogP contribution in [-0.4, -0.2) is 20.1 Å². The minimum atomic E-state index is -0.609. The van der Waals surface area contributed by atoms with Gasteiger partial charge < -0.3 is 10.2 Å². The number of nitro benzene ring substituents is 2. The van der Waals surface area contributed by atoms with E-state index in [4.69, 9.17) is 10.2 Å². The predicted molar refractivity (Wildman–Crippen MR) is 79.0 cm³/mol. The van der Waals surface area contributed by atoms with Crippen LogP contribution in [0.15, 0.2) is 36.4 Å². The molecule has 0 saturated carbocycles. The number of hydrogen-bond acceptors (Lipinski definition) is 6. The molecule has 0 aromatic heterocycles. The predicted octanol–water partition coefficient (Wildman–Crippen LogP) is 3.22. The summed E-state index contributed by atoms with van der Waals surface area (Å²) in [6, 6.07) is 8.51. The van der Waals surface area contributed by atoms with Gasteiger partial charge in [-0.1, -0.05) is 12.1 Å². The second kappa shape index (κ2) is 7.02. The van der Waals surface area contributed by atoms with E-state index in [9.17, 15) is 20.2 Å². The van der Waals surface area contributed by atoms with E-state index in [0.717, 1.165) is 11.1 Å². The smallest absolute Gasteiger partial charge is 0.310 e. The van der Waals surface area contributed by atoms with Crippen LogP contribution >= 0.6 is 0 Å². The number of phenolic OH excluding ortho intramolecular Hbond substituents is 2. The van der Waals surface area contributed by atoms with Crippen molar-refractivity contribution in [3.8, 4) is 11.5 Å². The molecule has 2 aromatic rings. The molecule has 8 nitrogen and oxygen atoms in total. The molecule has 0 spiro atoms. The van der Waals surface area contributed by atoms with Crippen molar-refractivity contribution in [3.05, 3.63) is 67.8 Å². The first-order valence-corrected chi connectivity index (χ1v) is 6.10. The number of aromatic hydroxyl groups is 2. The van der Waals surface area contributed by atoms with Gasteiger partial charge in [0.05, 0.1) is 9.85 Å². The molecule has 8 heteroatoms. The number of rotatable bonds is 2. The second-order valence-electron chi connectivity index (χ2n) is 4.50. The molecular weight excluding hydrogens is 292 g/mol. The highest BCUT2D eigenvalue weighted by atomic mass is 16.6. The Hall–Kier alpha value is -3.16. The average Bonchev–Trinajstić information content (AvgIpc) is 2.44. The SMILES string of the molecule is Cc1ccc(O)c([N+](=O)[O-])c1.Cc1ccc(O)c([N+](=O)[O-])c1. The van der Waals surface area contributed by atoms with Gasteiger partial charge in [-0.3, -0.25) is 20.2 Å². The monoisotopic (exact) mass is 306 g/mol. The largest absolute Gasteiger partial charge is 0.502 e. The van der Waals surface area contributed by atoms with Crippen LogP contribution in [0.4, 0.5) is 11.4 Å². The van der Waals surface area contributed by atoms with E-state index >= 15 is 0 Å². The van der Waals surface area contributed by atoms with Crippen LogP contribution in [-0.2, 0) is 0 Å². The Kier molecular flexibility index (Phi) is 5.39. The summed E-state index contributed by atoms with van der Waals surface area (Å²) in [7, 11) is 0. The number of nitro groups is 2. The van der Waals surface area contributed by atoms with Crippen LogP contribution in [0.2, 0.25) is 0 Å². The summed E-state index contributed by atoms with van der Waals surface area (Å²) in [6.07, 6.45) is 0. The molecule has 0 amide bonds. The summed E-state index contributed by atoms with van der Waals surface area (Å²) in [6.45, 7) is 3.46. The molecule has 0 atom stereocenters. The Labute approximate surface area is 125 Å². The number of benzene rings is 2. The van der Waals surface area contributed by atoms with Gasteiger partial charge in [-0.15, -0.1) is 0 Å². The standard InChI is InChI=1S/2C7H7NO3/c2*1-5-2-3-7(9)6(4-5)8(10)11/h2*2-4,9H,1H3. The first-order chi connectivity index (χ1) is 10.2. The van der Waals surface area contributed by atoms with Crippen LogP contribution in [0.25, 0.3) is 0 Å². The minimum Gasteiger partial charge on any atom is -0.502 e. The van der Waals surface area contributed by atoms with Crippen LogP contribution in [0.5, 0.6) is 11.5 Å². The van der Waals surface area contributed by atoms with Gasteiger partial charge in [0.25, 0.3) is 0 Å². The van der Waals surface area contributed by atoms with Gasteiger partial charge in [0.1, 0.15) is 0 Å². The average molecular weight is 306 g/mol. The molecule has 0 fully saturated rings. The highest BCUT2D eigenvalue weighted by Crippen LogP contribution is 2.26. The third-order valence-corrected chi connectivity index (χ3v) is 2.66. The molecular formula is C14H14N2O6. The zero-order valence-electron chi connectivity index (χ0n) is 11.9. The van der Waals surface area contributed by atoms with E-state index < -0.39 is 9.85 Å². The Morgan fingerprint density at radius 2 is 1.09 bits per heavy atom. The van der Waals surface area contributed by atoms with Gasteiger partial charge in [0, 0.05) is 12.1 Å². The van der Waals surface area contributed by atoms with Crippen molar-refractivity contribution in [1.82, 2.24) is 0 Å². The summed E-state index contributed by atoms with van der Waals surface area (Å²) in [5.74, 6) is -0.582. The van der Waals surface area contributed by atoms with Crippen molar-refractivity contribution in [2.45, 2.75) is 13.8 Å². The van der Waals surface area contributed by atoms with Gasteiger partial charge >= 0.3 is 11.4 Å². The molecule has 0 aliphatic carbocycles. The van der Waals surface area contributed by atoms with E-state index in [1.165, 1.54) is 24.3 Å². The normalized spacial score (nSPS) is 9.55. The Morgan fingerprint density at radius 3 is 1.32 bits per heavy atom. The summed E-state index contributed by atoms with van der Waals surface area (Å²) >= 11 is 0. The fourth-order valence-electron chi connectivity index (χ4n) is 1.56. The Morgan fingerprint density at radius 1 is 0.773 bits per heavy atom. The molecule has 116 valence electrons. The molecule has 2 N–H and O–H groups in total. The summed E-state index contributed by atoms with van der Waals surface area (Å²) in [5, 5.41) is 38.4. The van der Waals surface area contributed by atoms with Gasteiger partial charge in [-0.2, -0.15) is 0 Å². The zero-order valence-corrected chi connectivity index (χ0v) is 11.9. The molecule has 22 heavy (non-hydrogen) atoms. The first kappa shape index (κ1) is 16.9. The van der Waals surface area contributed by atoms with Gasteiger partial charge in [0.2, 0.25) is 0 Å². The van der Waals surface area contributed by atoms with Crippen molar-refractivity contribution >= 4 is 11.4 Å². The zero-order chi connectivity index (χ0) is 16.9. The van der Waals surface area contributed by atoms with Crippen LogP contribution in [0.3, 0.4) is 0 Å². The lowest BCUT2D eigenvalue weighted by molar-refractivity contribution is -0.386. The minimum absolute atomic E-state index is 0.245. The lowest BCUT2D eigenvalue weighted by Gasteiger charge is -1.95. The number of aryl methyl sites for hydroxylation is 2. The molecule has 0 bridgehead atoms. The van der Waals surface area contributed by atoms with Crippen molar-refractivity contribution in [2.24, 2.45) is 0 Å². The molecule has 0 heterocycles. The maximum atomic E-state index is 10.2. The highest BCUT2D eigenvalue weighted by molar-refractivity contribution is 5.47. The third kappa shape index (κ3) is 4.44. The maximum absolute atomic E-state index is 10.2. The lowest BCUT2D eigenvalue weighted by Crippen LogP contribution is -1.88. The number of hydrogen-bond donors (Lipinski definition) is 2. The van der Waals surface area contributed by atoms with Gasteiger partial charge in [-0.05, 0) is 37.1 Å². The number of nitrogens with zero attached hydrogens (tertiary/aromatic N) is 2. The van der Waals surface area contributed by atoms with Crippen molar-refractivity contribution < 1.29 is 20.1 Å². The number of phenols is 2. The molecule has 0 aliphatic heterocycles. The van der Waals surface area contributed by atoms with E-state index in [2.05, 4.69) is 0 Å². The fraction of sp³-hybridized carbons (Fsp3) is 0.143. The Balaban J connectivity index is 0.000000220. The van der Waals surface area contributed by atoms with Crippen LogP contribution < -0.4 is 0 Å². The summed E-state index contributed by atoms with van der Waals surface area (Å²) in [5.41, 5.74) is 1.03. The highest BCUT2D eigenvalue weighted by Gasteiger charge is 2.12. The molecule has 2 rings (SSSR count). The van der Waals surface area contributed by atoms with E-state index in [1.807, 2.05) is 0 Å². The molecule has 0 radical (unpaired) electrons. The lowest BCUT2D eigenvalue weighted by atomic mass is 10.2. The van der Waals surface area contributed by atoms with Crippen LogP contribution in [0.1, 0.15) is 11.1 Å². The molecule has 2 aromatic carbocycles. The quantitative estimate of drug-likeness (QED) is 0.647. The van der Waals surface area contributed by atoms with E-state index in [-0.39, 0.29) is 22.9 Å². The van der Waals surface area contributed by atoms with E-state index in [1.54, 1.807) is 26.0 Å². The fourth-order valence-corrected chi connectivity index (χ4v) is 1.56. The summed E-state index contributed by atoms with van der Waals surface area (Å²) in [4.78, 5) is 19.2. The maximum Gasteiger partial charge on any atom is 0.310 e. The molecule has 0 aliphatic rings. The molecule has 0 saturated heterocycles. The van der Waals surface area contributed by atoms with Crippen molar-refractivity contribution in [2.75, 3.05) is 0 Å². The second-order valence-corrected chi connectivity index (χ2v) is 4.50. The summed E-state index contributed by atoms with van der Waals surface area (Å²) < 4.78 is 0. The first-order valence-electron chi connectivity index (χ1n) is 6.10. The van der Waals surface area contributed by atoms with Crippen LogP contribution in [0, 0.1) is 34.1 Å². The van der Waals surface area contributed by atoms with E-state index in [0.29, 0.717) is 0 Å². The molecule has 0 unspecified atom stereocenters. The van der Waals surface area contributed by atoms with Crippen molar-refractivity contribution in [3.63, 3.8) is 0 Å². The topological polar surface area (TPSA) is 127 Å². The van der Waals surface area contributed by atoms with Gasteiger partial charge in [-0.25, -0.2) is 0 Å². The van der Waals surface area contributed by atoms with Crippen molar-refractivity contribution in [1.29, 1.82) is 0 Å². The third-order valence-electron chi connectivity index (χ3n) is 2.66. The Bertz CT molecular complexity index is 653.